The van der Waals surface area contributed by atoms with Crippen LogP contribution in [0.15, 0.2) is 59.7 Å². The molecule has 0 bridgehead atoms. The maximum atomic E-state index is 12.9. The van der Waals surface area contributed by atoms with E-state index in [4.69, 9.17) is 9.47 Å². The van der Waals surface area contributed by atoms with Crippen LogP contribution < -0.4 is 15.0 Å². The number of hydrogen-bond donors (Lipinski definition) is 0. The molecular weight excluding hydrogens is 356 g/mol. The molecule has 6 heteroatoms. The Hall–Kier alpha value is -3.41. The van der Waals surface area contributed by atoms with Gasteiger partial charge in [-0.1, -0.05) is 18.2 Å². The third-order valence-corrected chi connectivity index (χ3v) is 5.00. The molecule has 3 aromatic rings. The summed E-state index contributed by atoms with van der Waals surface area (Å²) in [7, 11) is 1.72. The zero-order chi connectivity index (χ0) is 19.7. The molecule has 0 radical (unpaired) electrons. The molecule has 1 aromatic carbocycles. The highest BCUT2D eigenvalue weighted by Gasteiger charge is 2.32. The first kappa shape index (κ1) is 18.0. The van der Waals surface area contributed by atoms with Gasteiger partial charge in [-0.3, -0.25) is 14.6 Å². The number of aromatic nitrogens is 2. The number of rotatable bonds is 4. The SMILES string of the molecule is Cc1cc2c(c(=O)n1C)C(c1cccc(OCc3cccnc3)c1)CC(=O)O2. The van der Waals surface area contributed by atoms with Gasteiger partial charge in [-0.15, -0.1) is 0 Å². The van der Waals surface area contributed by atoms with Crippen molar-refractivity contribution in [1.82, 2.24) is 9.55 Å². The van der Waals surface area contributed by atoms with Crippen LogP contribution in [0.1, 0.15) is 34.7 Å². The van der Waals surface area contributed by atoms with Gasteiger partial charge < -0.3 is 14.0 Å². The normalized spacial score (nSPS) is 15.6. The van der Waals surface area contributed by atoms with Crippen molar-refractivity contribution in [3.8, 4) is 11.5 Å². The maximum absolute atomic E-state index is 12.9. The van der Waals surface area contributed by atoms with Gasteiger partial charge in [-0.25, -0.2) is 0 Å². The first-order valence-electron chi connectivity index (χ1n) is 9.06. The van der Waals surface area contributed by atoms with E-state index < -0.39 is 0 Å². The van der Waals surface area contributed by atoms with Crippen LogP contribution in [-0.2, 0) is 18.4 Å². The fourth-order valence-corrected chi connectivity index (χ4v) is 3.40. The summed E-state index contributed by atoms with van der Waals surface area (Å²) in [6.07, 6.45) is 3.59. The molecule has 0 spiro atoms. The molecule has 2 aromatic heterocycles. The van der Waals surface area contributed by atoms with E-state index in [9.17, 15) is 9.59 Å². The lowest BCUT2D eigenvalue weighted by Gasteiger charge is -2.25. The standard InChI is InChI=1S/C22H20N2O4/c1-14-9-19-21(22(26)24(14)2)18(11-20(25)28-19)16-6-3-7-17(10-16)27-13-15-5-4-8-23-12-15/h3-10,12,18H,11,13H2,1-2H3. The summed E-state index contributed by atoms with van der Waals surface area (Å²) in [6.45, 7) is 2.20. The summed E-state index contributed by atoms with van der Waals surface area (Å²) in [5.41, 5.74) is 2.92. The zero-order valence-electron chi connectivity index (χ0n) is 15.7. The third-order valence-electron chi connectivity index (χ3n) is 5.00. The van der Waals surface area contributed by atoms with E-state index in [-0.39, 0.29) is 23.9 Å². The molecule has 6 nitrogen and oxygen atoms in total. The fourth-order valence-electron chi connectivity index (χ4n) is 3.40. The lowest BCUT2D eigenvalue weighted by Crippen LogP contribution is -2.31. The Balaban J connectivity index is 1.68. The maximum Gasteiger partial charge on any atom is 0.312 e. The largest absolute Gasteiger partial charge is 0.489 e. The molecule has 4 rings (SSSR count). The summed E-state index contributed by atoms with van der Waals surface area (Å²) >= 11 is 0. The van der Waals surface area contributed by atoms with Gasteiger partial charge in [0.05, 0.1) is 12.0 Å². The Morgan fingerprint density at radius 1 is 1.21 bits per heavy atom. The average molecular weight is 376 g/mol. The molecule has 1 unspecified atom stereocenters. The molecule has 0 amide bonds. The number of carbonyl (C=O) groups excluding carboxylic acids is 1. The zero-order valence-corrected chi connectivity index (χ0v) is 15.7. The van der Waals surface area contributed by atoms with Crippen LogP contribution in [-0.4, -0.2) is 15.5 Å². The average Bonchev–Trinajstić information content (AvgIpc) is 2.71. The van der Waals surface area contributed by atoms with Crippen LogP contribution in [0.3, 0.4) is 0 Å². The van der Waals surface area contributed by atoms with Crippen LogP contribution in [0, 0.1) is 6.92 Å². The van der Waals surface area contributed by atoms with E-state index in [1.54, 1.807) is 30.1 Å². The monoisotopic (exact) mass is 376 g/mol. The van der Waals surface area contributed by atoms with Crippen LogP contribution >= 0.6 is 0 Å². The molecule has 3 heterocycles. The van der Waals surface area contributed by atoms with Gasteiger partial charge in [0.1, 0.15) is 18.1 Å². The molecule has 0 saturated heterocycles. The van der Waals surface area contributed by atoms with E-state index in [1.807, 2.05) is 43.3 Å². The molecule has 0 saturated carbocycles. The number of esters is 1. The molecular formula is C22H20N2O4. The number of benzene rings is 1. The quantitative estimate of drug-likeness (QED) is 0.655. The Morgan fingerprint density at radius 2 is 2.07 bits per heavy atom. The van der Waals surface area contributed by atoms with Gasteiger partial charge in [-0.2, -0.15) is 0 Å². The molecule has 1 aliphatic heterocycles. The number of carbonyl (C=O) groups is 1. The Bertz CT molecular complexity index is 1090. The van der Waals surface area contributed by atoms with E-state index in [1.165, 1.54) is 0 Å². The van der Waals surface area contributed by atoms with Crippen LogP contribution in [0.4, 0.5) is 0 Å². The molecule has 0 fully saturated rings. The van der Waals surface area contributed by atoms with E-state index in [0.717, 1.165) is 16.8 Å². The number of ether oxygens (including phenoxy) is 2. The predicted octanol–water partition coefficient (Wildman–Crippen LogP) is 3.11. The summed E-state index contributed by atoms with van der Waals surface area (Å²) in [5.74, 6) is 0.318. The number of hydrogen-bond acceptors (Lipinski definition) is 5. The van der Waals surface area contributed by atoms with Crippen molar-refractivity contribution in [3.63, 3.8) is 0 Å². The summed E-state index contributed by atoms with van der Waals surface area (Å²) in [6, 6.07) is 13.0. The Labute approximate surface area is 162 Å². The van der Waals surface area contributed by atoms with Crippen LogP contribution in [0.2, 0.25) is 0 Å². The van der Waals surface area contributed by atoms with Crippen molar-refractivity contribution < 1.29 is 14.3 Å². The molecule has 0 N–H and O–H groups in total. The van der Waals surface area contributed by atoms with Gasteiger partial charge in [0.25, 0.3) is 5.56 Å². The minimum Gasteiger partial charge on any atom is -0.489 e. The minimum atomic E-state index is -0.363. The number of aryl methyl sites for hydroxylation is 1. The third kappa shape index (κ3) is 3.41. The minimum absolute atomic E-state index is 0.122. The summed E-state index contributed by atoms with van der Waals surface area (Å²) in [4.78, 5) is 29.1. The Kier molecular flexibility index (Phi) is 4.69. The second-order valence-corrected chi connectivity index (χ2v) is 6.88. The van der Waals surface area contributed by atoms with Crippen molar-refractivity contribution in [3.05, 3.63) is 87.6 Å². The lowest BCUT2D eigenvalue weighted by atomic mass is 9.87. The molecule has 0 aliphatic carbocycles. The first-order chi connectivity index (χ1) is 13.5. The topological polar surface area (TPSA) is 70.4 Å². The van der Waals surface area contributed by atoms with Gasteiger partial charge in [0.2, 0.25) is 0 Å². The van der Waals surface area contributed by atoms with E-state index >= 15 is 0 Å². The number of pyridine rings is 2. The van der Waals surface area contributed by atoms with Gasteiger partial charge in [0.15, 0.2) is 0 Å². The Morgan fingerprint density at radius 3 is 2.86 bits per heavy atom. The van der Waals surface area contributed by atoms with Crippen LogP contribution in [0.5, 0.6) is 11.5 Å². The van der Waals surface area contributed by atoms with Crippen molar-refractivity contribution in [2.75, 3.05) is 0 Å². The highest BCUT2D eigenvalue weighted by Crippen LogP contribution is 2.37. The van der Waals surface area contributed by atoms with E-state index in [2.05, 4.69) is 4.98 Å². The number of fused-ring (bicyclic) bond motifs is 1. The molecule has 1 atom stereocenters. The second kappa shape index (κ2) is 7.31. The predicted molar refractivity (Wildman–Crippen MR) is 104 cm³/mol. The highest BCUT2D eigenvalue weighted by molar-refractivity contribution is 5.77. The number of nitrogens with zero attached hydrogens (tertiary/aromatic N) is 2. The fraction of sp³-hybridized carbons (Fsp3) is 0.227. The summed E-state index contributed by atoms with van der Waals surface area (Å²) < 4.78 is 12.8. The van der Waals surface area contributed by atoms with Crippen LogP contribution in [0.25, 0.3) is 0 Å². The van der Waals surface area contributed by atoms with Crippen molar-refractivity contribution in [1.29, 1.82) is 0 Å². The molecule has 28 heavy (non-hydrogen) atoms. The van der Waals surface area contributed by atoms with Gasteiger partial charge in [-0.05, 0) is 30.7 Å². The summed E-state index contributed by atoms with van der Waals surface area (Å²) in [5, 5.41) is 0. The van der Waals surface area contributed by atoms with Crippen molar-refractivity contribution >= 4 is 5.97 Å². The van der Waals surface area contributed by atoms with E-state index in [0.29, 0.717) is 23.7 Å². The van der Waals surface area contributed by atoms with Crippen molar-refractivity contribution in [2.45, 2.75) is 25.9 Å². The smallest absolute Gasteiger partial charge is 0.312 e. The molecule has 142 valence electrons. The lowest BCUT2D eigenvalue weighted by molar-refractivity contribution is -0.135. The highest BCUT2D eigenvalue weighted by atomic mass is 16.5. The van der Waals surface area contributed by atoms with Crippen molar-refractivity contribution in [2.24, 2.45) is 7.05 Å². The van der Waals surface area contributed by atoms with Gasteiger partial charge >= 0.3 is 5.97 Å². The van der Waals surface area contributed by atoms with Gasteiger partial charge in [0, 0.05) is 42.7 Å². The molecule has 1 aliphatic rings. The first-order valence-corrected chi connectivity index (χ1v) is 9.06. The second-order valence-electron chi connectivity index (χ2n) is 6.88.